The minimum atomic E-state index is 0.572. The summed E-state index contributed by atoms with van der Waals surface area (Å²) >= 11 is 1.63. The fraction of sp³-hybridized carbons (Fsp3) is 0.692. The molecule has 1 saturated heterocycles. The molecule has 0 bridgehead atoms. The third-order valence-corrected chi connectivity index (χ3v) is 4.77. The standard InChI is InChI=1S/C13H18N6OS/c1-9-14-11(20-17-9)8-21-13-16-15-12(18-6-2-3-7-18)19(13)10-4-5-10/h10H,2-8H2,1H3. The van der Waals surface area contributed by atoms with Crippen LogP contribution in [0.3, 0.4) is 0 Å². The van der Waals surface area contributed by atoms with E-state index < -0.39 is 0 Å². The fourth-order valence-electron chi connectivity index (χ4n) is 2.68. The van der Waals surface area contributed by atoms with Crippen molar-refractivity contribution in [2.75, 3.05) is 18.0 Å². The minimum Gasteiger partial charge on any atom is -0.341 e. The van der Waals surface area contributed by atoms with Gasteiger partial charge in [0.1, 0.15) is 0 Å². The van der Waals surface area contributed by atoms with Gasteiger partial charge >= 0.3 is 0 Å². The molecular formula is C13H18N6OS. The summed E-state index contributed by atoms with van der Waals surface area (Å²) in [4.78, 5) is 6.59. The summed E-state index contributed by atoms with van der Waals surface area (Å²) in [5.41, 5.74) is 0. The number of anilines is 1. The highest BCUT2D eigenvalue weighted by atomic mass is 32.2. The summed E-state index contributed by atoms with van der Waals surface area (Å²) in [5, 5.41) is 13.6. The van der Waals surface area contributed by atoms with Crippen LogP contribution in [0.2, 0.25) is 0 Å². The zero-order chi connectivity index (χ0) is 14.2. The Morgan fingerprint density at radius 2 is 2.05 bits per heavy atom. The summed E-state index contributed by atoms with van der Waals surface area (Å²) < 4.78 is 7.46. The van der Waals surface area contributed by atoms with Crippen molar-refractivity contribution in [3.05, 3.63) is 11.7 Å². The number of aromatic nitrogens is 5. The molecule has 8 heteroatoms. The van der Waals surface area contributed by atoms with E-state index >= 15 is 0 Å². The third kappa shape index (κ3) is 2.64. The van der Waals surface area contributed by atoms with Crippen molar-refractivity contribution in [2.24, 2.45) is 0 Å². The van der Waals surface area contributed by atoms with Crippen LogP contribution in [0.5, 0.6) is 0 Å². The highest BCUT2D eigenvalue weighted by Crippen LogP contribution is 2.41. The number of hydrogen-bond acceptors (Lipinski definition) is 7. The molecule has 4 rings (SSSR count). The van der Waals surface area contributed by atoms with E-state index in [4.69, 9.17) is 4.52 Å². The van der Waals surface area contributed by atoms with Gasteiger partial charge in [0.05, 0.1) is 5.75 Å². The molecule has 0 spiro atoms. The lowest BCUT2D eigenvalue weighted by atomic mass is 10.4. The van der Waals surface area contributed by atoms with Crippen molar-refractivity contribution < 1.29 is 4.52 Å². The van der Waals surface area contributed by atoms with Gasteiger partial charge in [0, 0.05) is 19.1 Å². The smallest absolute Gasteiger partial charge is 0.237 e. The second kappa shape index (κ2) is 5.32. The summed E-state index contributed by atoms with van der Waals surface area (Å²) in [5.74, 6) is 3.00. The van der Waals surface area contributed by atoms with E-state index in [1.165, 1.54) is 25.7 Å². The largest absolute Gasteiger partial charge is 0.341 e. The van der Waals surface area contributed by atoms with Crippen molar-refractivity contribution in [1.82, 2.24) is 24.9 Å². The predicted octanol–water partition coefficient (Wildman–Crippen LogP) is 2.20. The van der Waals surface area contributed by atoms with Crippen LogP contribution < -0.4 is 4.90 Å². The van der Waals surface area contributed by atoms with Gasteiger partial charge in [0.25, 0.3) is 0 Å². The quantitative estimate of drug-likeness (QED) is 0.784. The number of rotatable bonds is 5. The Kier molecular flexibility index (Phi) is 3.33. The van der Waals surface area contributed by atoms with Gasteiger partial charge in [-0.05, 0) is 32.6 Å². The highest BCUT2D eigenvalue weighted by Gasteiger charge is 2.32. The normalized spacial score (nSPS) is 18.6. The first-order chi connectivity index (χ1) is 10.3. The Morgan fingerprint density at radius 1 is 1.24 bits per heavy atom. The maximum Gasteiger partial charge on any atom is 0.237 e. The van der Waals surface area contributed by atoms with Gasteiger partial charge in [-0.25, -0.2) is 0 Å². The van der Waals surface area contributed by atoms with Gasteiger partial charge in [-0.1, -0.05) is 16.9 Å². The Morgan fingerprint density at radius 3 is 2.71 bits per heavy atom. The van der Waals surface area contributed by atoms with Crippen molar-refractivity contribution in [1.29, 1.82) is 0 Å². The molecule has 0 aromatic carbocycles. The van der Waals surface area contributed by atoms with Crippen LogP contribution in [0.1, 0.15) is 43.4 Å². The molecule has 0 N–H and O–H groups in total. The van der Waals surface area contributed by atoms with E-state index in [1.807, 2.05) is 6.92 Å². The van der Waals surface area contributed by atoms with E-state index in [1.54, 1.807) is 11.8 Å². The number of aryl methyl sites for hydroxylation is 1. The van der Waals surface area contributed by atoms with E-state index in [-0.39, 0.29) is 0 Å². The average Bonchev–Trinajstić information content (AvgIpc) is 2.93. The van der Waals surface area contributed by atoms with Crippen LogP contribution in [0.15, 0.2) is 9.68 Å². The first-order valence-electron chi connectivity index (χ1n) is 7.43. The van der Waals surface area contributed by atoms with Crippen LogP contribution in [0.4, 0.5) is 5.95 Å². The zero-order valence-electron chi connectivity index (χ0n) is 12.0. The van der Waals surface area contributed by atoms with Crippen molar-refractivity contribution in [2.45, 2.75) is 49.6 Å². The van der Waals surface area contributed by atoms with Gasteiger partial charge in [-0.15, -0.1) is 10.2 Å². The molecule has 0 unspecified atom stereocenters. The van der Waals surface area contributed by atoms with Gasteiger partial charge < -0.3 is 9.42 Å². The Bertz CT molecular complexity index is 628. The number of thioether (sulfide) groups is 1. The number of nitrogens with zero attached hydrogens (tertiary/aromatic N) is 6. The Hall–Kier alpha value is -1.57. The molecule has 1 aliphatic carbocycles. The molecule has 0 atom stereocenters. The molecule has 1 aliphatic heterocycles. The monoisotopic (exact) mass is 306 g/mol. The second-order valence-electron chi connectivity index (χ2n) is 5.60. The van der Waals surface area contributed by atoms with E-state index in [2.05, 4.69) is 29.8 Å². The summed E-state index contributed by atoms with van der Waals surface area (Å²) in [7, 11) is 0. The van der Waals surface area contributed by atoms with Gasteiger partial charge in [-0.2, -0.15) is 4.98 Å². The van der Waals surface area contributed by atoms with Crippen LogP contribution in [-0.4, -0.2) is 38.0 Å². The Labute approximate surface area is 127 Å². The molecule has 2 aliphatic rings. The molecule has 2 aromatic rings. The lowest BCUT2D eigenvalue weighted by Crippen LogP contribution is -2.22. The van der Waals surface area contributed by atoms with Crippen molar-refractivity contribution in [3.63, 3.8) is 0 Å². The first-order valence-corrected chi connectivity index (χ1v) is 8.41. The highest BCUT2D eigenvalue weighted by molar-refractivity contribution is 7.98. The first kappa shape index (κ1) is 13.1. The second-order valence-corrected chi connectivity index (χ2v) is 6.54. The molecule has 3 heterocycles. The van der Waals surface area contributed by atoms with E-state index in [0.717, 1.165) is 24.2 Å². The van der Waals surface area contributed by atoms with E-state index in [9.17, 15) is 0 Å². The predicted molar refractivity (Wildman–Crippen MR) is 78.3 cm³/mol. The van der Waals surface area contributed by atoms with Gasteiger partial charge in [-0.3, -0.25) is 4.57 Å². The lowest BCUT2D eigenvalue weighted by Gasteiger charge is -2.17. The number of hydrogen-bond donors (Lipinski definition) is 0. The molecule has 2 fully saturated rings. The molecule has 7 nitrogen and oxygen atoms in total. The fourth-order valence-corrected chi connectivity index (χ4v) is 3.52. The molecular weight excluding hydrogens is 288 g/mol. The minimum absolute atomic E-state index is 0.572. The topological polar surface area (TPSA) is 72.9 Å². The zero-order valence-corrected chi connectivity index (χ0v) is 12.8. The maximum atomic E-state index is 5.16. The maximum absolute atomic E-state index is 5.16. The third-order valence-electron chi connectivity index (χ3n) is 3.84. The van der Waals surface area contributed by atoms with Crippen molar-refractivity contribution >= 4 is 17.7 Å². The lowest BCUT2D eigenvalue weighted by molar-refractivity contribution is 0.387. The van der Waals surface area contributed by atoms with Crippen molar-refractivity contribution in [3.8, 4) is 0 Å². The molecule has 112 valence electrons. The molecule has 0 radical (unpaired) electrons. The molecule has 1 saturated carbocycles. The Balaban J connectivity index is 1.54. The summed E-state index contributed by atoms with van der Waals surface area (Å²) in [6.07, 6.45) is 4.96. The van der Waals surface area contributed by atoms with Crippen LogP contribution in [0.25, 0.3) is 0 Å². The van der Waals surface area contributed by atoms with Gasteiger partial charge in [0.2, 0.25) is 11.8 Å². The van der Waals surface area contributed by atoms with Crippen LogP contribution in [0, 0.1) is 6.92 Å². The van der Waals surface area contributed by atoms with Crippen LogP contribution in [-0.2, 0) is 5.75 Å². The average molecular weight is 306 g/mol. The van der Waals surface area contributed by atoms with E-state index in [0.29, 0.717) is 23.5 Å². The summed E-state index contributed by atoms with van der Waals surface area (Å²) in [6, 6.07) is 0.572. The SMILES string of the molecule is Cc1noc(CSc2nnc(N3CCCC3)n2C2CC2)n1. The molecule has 0 amide bonds. The molecule has 2 aromatic heterocycles. The molecule has 21 heavy (non-hydrogen) atoms. The summed E-state index contributed by atoms with van der Waals surface area (Å²) in [6.45, 7) is 4.02. The van der Waals surface area contributed by atoms with Gasteiger partial charge in [0.15, 0.2) is 11.0 Å². The van der Waals surface area contributed by atoms with Crippen LogP contribution >= 0.6 is 11.8 Å².